The number of aryl methyl sites for hydroxylation is 1. The summed E-state index contributed by atoms with van der Waals surface area (Å²) in [7, 11) is -4.25. The van der Waals surface area contributed by atoms with Crippen LogP contribution in [0.2, 0.25) is 5.02 Å². The highest BCUT2D eigenvalue weighted by atomic mass is 35.5. The molecule has 0 heterocycles. The summed E-state index contributed by atoms with van der Waals surface area (Å²) < 4.78 is 43.2. The first-order valence-corrected chi connectivity index (χ1v) is 14.4. The Balaban J connectivity index is 2.05. The van der Waals surface area contributed by atoms with Crippen molar-refractivity contribution in [2.24, 2.45) is 0 Å². The molecule has 7 nitrogen and oxygen atoms in total. The van der Waals surface area contributed by atoms with Gasteiger partial charge in [0.05, 0.1) is 15.6 Å². The second-order valence-electron chi connectivity index (χ2n) is 9.38. The van der Waals surface area contributed by atoms with Crippen LogP contribution in [0.1, 0.15) is 38.3 Å². The Morgan fingerprint density at radius 1 is 0.974 bits per heavy atom. The summed E-state index contributed by atoms with van der Waals surface area (Å²) in [5.41, 5.74) is 1.17. The minimum atomic E-state index is -4.25. The molecule has 0 radical (unpaired) electrons. The van der Waals surface area contributed by atoms with Gasteiger partial charge in [-0.15, -0.1) is 0 Å². The van der Waals surface area contributed by atoms with E-state index in [1.165, 1.54) is 54.3 Å². The number of hydrogen-bond acceptors (Lipinski definition) is 4. The SMILES string of the molecule is CCC(C)NC(=O)C(C)N(Cc1ccccc1F)C(=O)CN(c1ccccc1Cl)S(=O)(=O)c1ccc(C)cc1. The van der Waals surface area contributed by atoms with Crippen LogP contribution in [-0.2, 0) is 26.2 Å². The average molecular weight is 574 g/mol. The number of nitrogens with one attached hydrogen (secondary N) is 1. The third kappa shape index (κ3) is 7.36. The minimum absolute atomic E-state index is 0.0240. The van der Waals surface area contributed by atoms with Gasteiger partial charge >= 0.3 is 0 Å². The fourth-order valence-corrected chi connectivity index (χ4v) is 5.58. The Hall–Kier alpha value is -3.43. The van der Waals surface area contributed by atoms with Crippen molar-refractivity contribution in [3.63, 3.8) is 0 Å². The number of benzene rings is 3. The van der Waals surface area contributed by atoms with Gasteiger partial charge in [0.1, 0.15) is 18.4 Å². The largest absolute Gasteiger partial charge is 0.352 e. The molecule has 10 heteroatoms. The summed E-state index contributed by atoms with van der Waals surface area (Å²) in [4.78, 5) is 28.1. The molecule has 0 saturated heterocycles. The molecule has 0 aliphatic carbocycles. The number of halogens is 2. The normalized spacial score (nSPS) is 12.9. The van der Waals surface area contributed by atoms with Crippen LogP contribution in [0.15, 0.2) is 77.7 Å². The van der Waals surface area contributed by atoms with Gasteiger partial charge < -0.3 is 10.2 Å². The first kappa shape index (κ1) is 30.1. The zero-order valence-corrected chi connectivity index (χ0v) is 24.0. The molecule has 1 N–H and O–H groups in total. The number of hydrogen-bond donors (Lipinski definition) is 1. The van der Waals surface area contributed by atoms with E-state index in [0.29, 0.717) is 6.42 Å². The van der Waals surface area contributed by atoms with Crippen molar-refractivity contribution in [2.75, 3.05) is 10.8 Å². The van der Waals surface area contributed by atoms with Crippen LogP contribution in [-0.4, -0.2) is 43.8 Å². The summed E-state index contributed by atoms with van der Waals surface area (Å²) in [5, 5.41) is 2.97. The highest BCUT2D eigenvalue weighted by Crippen LogP contribution is 2.31. The molecule has 0 spiro atoms. The van der Waals surface area contributed by atoms with E-state index in [0.717, 1.165) is 9.87 Å². The van der Waals surface area contributed by atoms with Gasteiger partial charge in [0.15, 0.2) is 0 Å². The van der Waals surface area contributed by atoms with Gasteiger partial charge in [0.25, 0.3) is 10.0 Å². The summed E-state index contributed by atoms with van der Waals surface area (Å²) in [6, 6.07) is 17.3. The standard InChI is InChI=1S/C29H33ClFN3O4S/c1-5-21(3)32-29(36)22(4)33(18-23-10-6-8-12-26(23)31)28(35)19-34(27-13-9-7-11-25(27)30)39(37,38)24-16-14-20(2)15-17-24/h6-17,21-22H,5,18-19H2,1-4H3,(H,32,36). The molecule has 2 atom stereocenters. The van der Waals surface area contributed by atoms with Crippen LogP contribution >= 0.6 is 11.6 Å². The molecule has 39 heavy (non-hydrogen) atoms. The van der Waals surface area contributed by atoms with Crippen molar-refractivity contribution >= 4 is 39.1 Å². The molecule has 0 aromatic heterocycles. The molecule has 0 bridgehead atoms. The van der Waals surface area contributed by atoms with Gasteiger partial charge in [-0.3, -0.25) is 13.9 Å². The van der Waals surface area contributed by atoms with E-state index in [1.54, 1.807) is 30.3 Å². The average Bonchev–Trinajstić information content (AvgIpc) is 2.91. The fraction of sp³-hybridized carbons (Fsp3) is 0.310. The van der Waals surface area contributed by atoms with Crippen molar-refractivity contribution in [3.05, 3.63) is 94.8 Å². The van der Waals surface area contributed by atoms with E-state index in [2.05, 4.69) is 5.32 Å². The Morgan fingerprint density at radius 2 is 1.59 bits per heavy atom. The smallest absolute Gasteiger partial charge is 0.264 e. The second-order valence-corrected chi connectivity index (χ2v) is 11.7. The summed E-state index contributed by atoms with van der Waals surface area (Å²) in [6.07, 6.45) is 0.675. The zero-order chi connectivity index (χ0) is 28.7. The molecule has 0 aliphatic heterocycles. The summed E-state index contributed by atoms with van der Waals surface area (Å²) in [5.74, 6) is -1.67. The van der Waals surface area contributed by atoms with E-state index in [-0.39, 0.29) is 33.8 Å². The van der Waals surface area contributed by atoms with Crippen LogP contribution in [0.5, 0.6) is 0 Å². The first-order valence-electron chi connectivity index (χ1n) is 12.6. The Bertz CT molecular complexity index is 1420. The maximum absolute atomic E-state index is 14.6. The van der Waals surface area contributed by atoms with Gasteiger partial charge in [-0.2, -0.15) is 0 Å². The molecular weight excluding hydrogens is 541 g/mol. The number of anilines is 1. The predicted octanol–water partition coefficient (Wildman–Crippen LogP) is 5.31. The van der Waals surface area contributed by atoms with E-state index in [9.17, 15) is 22.4 Å². The van der Waals surface area contributed by atoms with E-state index < -0.39 is 40.2 Å². The third-order valence-electron chi connectivity index (χ3n) is 6.48. The Labute approximate surface area is 234 Å². The maximum Gasteiger partial charge on any atom is 0.264 e. The molecule has 208 valence electrons. The van der Waals surface area contributed by atoms with Crippen LogP contribution < -0.4 is 9.62 Å². The molecule has 3 aromatic carbocycles. The van der Waals surface area contributed by atoms with E-state index in [4.69, 9.17) is 11.6 Å². The molecule has 0 saturated carbocycles. The van der Waals surface area contributed by atoms with Gasteiger partial charge in [0, 0.05) is 18.2 Å². The van der Waals surface area contributed by atoms with Crippen LogP contribution in [0, 0.1) is 12.7 Å². The summed E-state index contributed by atoms with van der Waals surface area (Å²) >= 11 is 6.39. The van der Waals surface area contributed by atoms with Crippen LogP contribution in [0.4, 0.5) is 10.1 Å². The van der Waals surface area contributed by atoms with Crippen LogP contribution in [0.3, 0.4) is 0 Å². The molecule has 3 aromatic rings. The van der Waals surface area contributed by atoms with Crippen molar-refractivity contribution < 1.29 is 22.4 Å². The number of sulfonamides is 1. The highest BCUT2D eigenvalue weighted by Gasteiger charge is 2.33. The topological polar surface area (TPSA) is 86.8 Å². The van der Waals surface area contributed by atoms with Crippen molar-refractivity contribution in [3.8, 4) is 0 Å². The number of carbonyl (C=O) groups excluding carboxylic acids is 2. The van der Waals surface area contributed by atoms with E-state index >= 15 is 0 Å². The number of carbonyl (C=O) groups is 2. The van der Waals surface area contributed by atoms with Gasteiger partial charge in [-0.05, 0) is 57.5 Å². The molecule has 2 unspecified atom stereocenters. The van der Waals surface area contributed by atoms with Gasteiger partial charge in [-0.1, -0.05) is 66.6 Å². The van der Waals surface area contributed by atoms with E-state index in [1.807, 2.05) is 20.8 Å². The Morgan fingerprint density at radius 3 is 2.21 bits per heavy atom. The fourth-order valence-electron chi connectivity index (χ4n) is 3.86. The lowest BCUT2D eigenvalue weighted by Gasteiger charge is -2.32. The molecule has 0 fully saturated rings. The molecular formula is C29H33ClFN3O4S. The first-order chi connectivity index (χ1) is 18.4. The monoisotopic (exact) mass is 573 g/mol. The highest BCUT2D eigenvalue weighted by molar-refractivity contribution is 7.92. The lowest BCUT2D eigenvalue weighted by molar-refractivity contribution is -0.139. The van der Waals surface area contributed by atoms with Crippen molar-refractivity contribution in [1.29, 1.82) is 0 Å². The van der Waals surface area contributed by atoms with Gasteiger partial charge in [-0.25, -0.2) is 12.8 Å². The Kier molecular flexibility index (Phi) is 10.1. The molecule has 0 aliphatic rings. The predicted molar refractivity (Wildman–Crippen MR) is 151 cm³/mol. The lowest BCUT2D eigenvalue weighted by atomic mass is 10.1. The molecule has 2 amide bonds. The zero-order valence-electron chi connectivity index (χ0n) is 22.4. The third-order valence-corrected chi connectivity index (χ3v) is 8.57. The molecule has 3 rings (SSSR count). The maximum atomic E-state index is 14.6. The number of para-hydroxylation sites is 1. The van der Waals surface area contributed by atoms with Crippen LogP contribution in [0.25, 0.3) is 0 Å². The lowest BCUT2D eigenvalue weighted by Crippen LogP contribution is -2.52. The number of nitrogens with zero attached hydrogens (tertiary/aromatic N) is 2. The summed E-state index contributed by atoms with van der Waals surface area (Å²) in [6.45, 7) is 6.22. The second kappa shape index (κ2) is 13.1. The number of amides is 2. The minimum Gasteiger partial charge on any atom is -0.352 e. The number of rotatable bonds is 11. The van der Waals surface area contributed by atoms with Gasteiger partial charge in [0.2, 0.25) is 11.8 Å². The van der Waals surface area contributed by atoms with Crippen molar-refractivity contribution in [2.45, 2.75) is 57.6 Å². The quantitative estimate of drug-likeness (QED) is 0.337. The van der Waals surface area contributed by atoms with Crippen molar-refractivity contribution in [1.82, 2.24) is 10.2 Å².